The molecule has 0 N–H and O–H groups in total. The largest absolute Gasteiger partial charge is 0.306 e. The van der Waals surface area contributed by atoms with Crippen molar-refractivity contribution in [2.24, 2.45) is 5.92 Å². The molecule has 3 aliphatic rings. The van der Waals surface area contributed by atoms with E-state index in [1.807, 2.05) is 0 Å². The van der Waals surface area contributed by atoms with Crippen molar-refractivity contribution in [1.29, 1.82) is 0 Å². The molecule has 4 unspecified atom stereocenters. The van der Waals surface area contributed by atoms with Crippen molar-refractivity contribution in [3.05, 3.63) is 0 Å². The Bertz CT molecular complexity index is 319. The summed E-state index contributed by atoms with van der Waals surface area (Å²) in [5, 5.41) is 0. The third kappa shape index (κ3) is 2.90. The first-order valence-electron chi connectivity index (χ1n) is 8.87. The van der Waals surface area contributed by atoms with Crippen LogP contribution in [0.1, 0.15) is 46.0 Å². The molecule has 3 rings (SSSR count). The molecule has 0 aromatic heterocycles. The summed E-state index contributed by atoms with van der Waals surface area (Å²) in [6, 6.07) is 2.50. The Morgan fingerprint density at radius 2 is 1.85 bits per heavy atom. The molecular formula is C17H33N3. The molecular weight excluding hydrogens is 246 g/mol. The van der Waals surface area contributed by atoms with Crippen molar-refractivity contribution in [3.63, 3.8) is 0 Å². The van der Waals surface area contributed by atoms with Gasteiger partial charge in [-0.1, -0.05) is 20.3 Å². The maximum absolute atomic E-state index is 2.92. The van der Waals surface area contributed by atoms with Crippen LogP contribution in [0.2, 0.25) is 0 Å². The highest BCUT2D eigenvalue weighted by atomic mass is 15.3. The van der Waals surface area contributed by atoms with Gasteiger partial charge in [0.1, 0.15) is 0 Å². The second kappa shape index (κ2) is 6.33. The molecule has 3 nitrogen and oxygen atoms in total. The smallest absolute Gasteiger partial charge is 0.0224 e. The Morgan fingerprint density at radius 1 is 1.00 bits per heavy atom. The van der Waals surface area contributed by atoms with Crippen molar-refractivity contribution in [2.45, 2.75) is 64.1 Å². The van der Waals surface area contributed by atoms with Crippen LogP contribution in [0.25, 0.3) is 0 Å². The van der Waals surface area contributed by atoms with Crippen LogP contribution in [-0.2, 0) is 0 Å². The Labute approximate surface area is 125 Å². The lowest BCUT2D eigenvalue weighted by Gasteiger charge is -2.53. The lowest BCUT2D eigenvalue weighted by molar-refractivity contribution is -0.0429. The molecule has 3 heteroatoms. The predicted molar refractivity (Wildman–Crippen MR) is 85.1 cm³/mol. The van der Waals surface area contributed by atoms with Gasteiger partial charge in [-0.25, -0.2) is 0 Å². The van der Waals surface area contributed by atoms with Gasteiger partial charge in [0, 0.05) is 37.8 Å². The lowest BCUT2D eigenvalue weighted by Crippen LogP contribution is -2.64. The molecule has 0 radical (unpaired) electrons. The molecule has 3 aliphatic heterocycles. The fraction of sp³-hybridized carbons (Fsp3) is 1.00. The molecule has 0 aromatic carbocycles. The summed E-state index contributed by atoms with van der Waals surface area (Å²) in [6.45, 7) is 11.5. The van der Waals surface area contributed by atoms with Gasteiger partial charge in [0.2, 0.25) is 0 Å². The Hall–Kier alpha value is -0.120. The predicted octanol–water partition coefficient (Wildman–Crippen LogP) is 2.28. The first kappa shape index (κ1) is 14.8. The number of fused-ring (bicyclic) bond motifs is 1. The Morgan fingerprint density at radius 3 is 2.60 bits per heavy atom. The molecule has 116 valence electrons. The van der Waals surface area contributed by atoms with Crippen molar-refractivity contribution >= 4 is 0 Å². The number of piperazine rings is 1. The minimum atomic E-state index is 0.806. The van der Waals surface area contributed by atoms with Gasteiger partial charge in [-0.05, 0) is 51.7 Å². The van der Waals surface area contributed by atoms with Crippen LogP contribution < -0.4 is 0 Å². The molecule has 3 saturated heterocycles. The maximum Gasteiger partial charge on any atom is 0.0224 e. The third-order valence-corrected chi connectivity index (χ3v) is 6.05. The summed E-state index contributed by atoms with van der Waals surface area (Å²) in [5.74, 6) is 0.831. The highest BCUT2D eigenvalue weighted by molar-refractivity contribution is 4.95. The van der Waals surface area contributed by atoms with E-state index in [2.05, 4.69) is 35.6 Å². The summed E-state index contributed by atoms with van der Waals surface area (Å²) in [5.41, 5.74) is 0. The molecule has 0 bridgehead atoms. The van der Waals surface area contributed by atoms with Crippen LogP contribution in [-0.4, -0.2) is 72.6 Å². The summed E-state index contributed by atoms with van der Waals surface area (Å²) < 4.78 is 0. The number of nitrogens with zero attached hydrogens (tertiary/aromatic N) is 3. The first-order valence-corrected chi connectivity index (χ1v) is 8.87. The second-order valence-corrected chi connectivity index (χ2v) is 7.50. The van der Waals surface area contributed by atoms with Gasteiger partial charge >= 0.3 is 0 Å². The van der Waals surface area contributed by atoms with Gasteiger partial charge < -0.3 is 4.90 Å². The van der Waals surface area contributed by atoms with Crippen molar-refractivity contribution in [2.75, 3.05) is 39.8 Å². The van der Waals surface area contributed by atoms with Crippen LogP contribution in [0.5, 0.6) is 0 Å². The molecule has 0 aliphatic carbocycles. The van der Waals surface area contributed by atoms with E-state index in [4.69, 9.17) is 0 Å². The molecule has 0 amide bonds. The lowest BCUT2D eigenvalue weighted by atomic mass is 9.87. The Kier molecular flexibility index (Phi) is 4.68. The van der Waals surface area contributed by atoms with E-state index in [1.165, 1.54) is 64.8 Å². The molecule has 0 saturated carbocycles. The highest BCUT2D eigenvalue weighted by Crippen LogP contribution is 2.31. The van der Waals surface area contributed by atoms with E-state index >= 15 is 0 Å². The summed E-state index contributed by atoms with van der Waals surface area (Å²) in [7, 11) is 2.28. The zero-order chi connectivity index (χ0) is 14.1. The average Bonchev–Trinajstić information content (AvgIpc) is 2.46. The summed E-state index contributed by atoms with van der Waals surface area (Å²) >= 11 is 0. The van der Waals surface area contributed by atoms with E-state index in [-0.39, 0.29) is 0 Å². The molecule has 0 spiro atoms. The number of likely N-dealkylation sites (tertiary alicyclic amines) is 1. The normalized spacial score (nSPS) is 41.5. The minimum Gasteiger partial charge on any atom is -0.306 e. The SMILES string of the molecule is CCC1CN2CCCCC2CN1C1CCN(C)CC1C. The maximum atomic E-state index is 2.92. The van der Waals surface area contributed by atoms with Crippen LogP contribution in [0.15, 0.2) is 0 Å². The van der Waals surface area contributed by atoms with Crippen LogP contribution in [0, 0.1) is 5.92 Å². The highest BCUT2D eigenvalue weighted by Gasteiger charge is 2.39. The zero-order valence-corrected chi connectivity index (χ0v) is 13.7. The van der Waals surface area contributed by atoms with E-state index in [9.17, 15) is 0 Å². The molecule has 3 fully saturated rings. The summed E-state index contributed by atoms with van der Waals surface area (Å²) in [6.07, 6.45) is 7.02. The van der Waals surface area contributed by atoms with Gasteiger partial charge in [-0.3, -0.25) is 9.80 Å². The van der Waals surface area contributed by atoms with Crippen LogP contribution >= 0.6 is 0 Å². The standard InChI is InChI=1S/C17H33N3/c1-4-15-12-19-9-6-5-7-16(19)13-20(15)17-8-10-18(3)11-14(17)2/h14-17H,4-13H2,1-3H3. The zero-order valence-electron chi connectivity index (χ0n) is 13.7. The van der Waals surface area contributed by atoms with Crippen molar-refractivity contribution in [1.82, 2.24) is 14.7 Å². The number of hydrogen-bond donors (Lipinski definition) is 0. The summed E-state index contributed by atoms with van der Waals surface area (Å²) in [4.78, 5) is 8.23. The van der Waals surface area contributed by atoms with Gasteiger partial charge in [0.15, 0.2) is 0 Å². The Balaban J connectivity index is 1.70. The molecule has 0 aromatic rings. The molecule has 20 heavy (non-hydrogen) atoms. The first-order chi connectivity index (χ1) is 9.69. The fourth-order valence-electron chi connectivity index (χ4n) is 4.88. The van der Waals surface area contributed by atoms with Crippen LogP contribution in [0.4, 0.5) is 0 Å². The van der Waals surface area contributed by atoms with Crippen LogP contribution in [0.3, 0.4) is 0 Å². The third-order valence-electron chi connectivity index (χ3n) is 6.05. The monoisotopic (exact) mass is 279 g/mol. The number of rotatable bonds is 2. The minimum absolute atomic E-state index is 0.806. The van der Waals surface area contributed by atoms with E-state index in [1.54, 1.807) is 0 Å². The molecule has 4 atom stereocenters. The number of piperidine rings is 2. The molecule has 3 heterocycles. The van der Waals surface area contributed by atoms with Gasteiger partial charge in [0.05, 0.1) is 0 Å². The second-order valence-electron chi connectivity index (χ2n) is 7.50. The fourth-order valence-corrected chi connectivity index (χ4v) is 4.88. The van der Waals surface area contributed by atoms with Gasteiger partial charge in [-0.2, -0.15) is 0 Å². The van der Waals surface area contributed by atoms with Crippen molar-refractivity contribution in [3.8, 4) is 0 Å². The van der Waals surface area contributed by atoms with Gasteiger partial charge in [-0.15, -0.1) is 0 Å². The average molecular weight is 279 g/mol. The van der Waals surface area contributed by atoms with E-state index in [0.717, 1.165) is 24.0 Å². The number of hydrogen-bond acceptors (Lipinski definition) is 3. The van der Waals surface area contributed by atoms with Crippen molar-refractivity contribution < 1.29 is 0 Å². The van der Waals surface area contributed by atoms with E-state index < -0.39 is 0 Å². The van der Waals surface area contributed by atoms with E-state index in [0.29, 0.717) is 0 Å². The quantitative estimate of drug-likeness (QED) is 0.768. The van der Waals surface area contributed by atoms with Gasteiger partial charge in [0.25, 0.3) is 0 Å². The topological polar surface area (TPSA) is 9.72 Å².